The van der Waals surface area contributed by atoms with Crippen molar-refractivity contribution >= 4 is 40.8 Å². The molecule has 4 aromatic carbocycles. The van der Waals surface area contributed by atoms with E-state index in [1.54, 1.807) is 53.8 Å². The number of carbonyl (C=O) groups excluding carboxylic acids is 3. The Labute approximate surface area is 239 Å². The highest BCUT2D eigenvalue weighted by atomic mass is 19.4. The quantitative estimate of drug-likeness (QED) is 0.175. The summed E-state index contributed by atoms with van der Waals surface area (Å²) in [4.78, 5) is 34.1. The molecule has 0 aliphatic rings. The SMILES string of the molecule is Nc1cccc(NC(=O)OCc2ccccc2)c1.O=C(Nc1cccc(NC(=O)C(F)(F)F)c1)OCc1ccccc1. The number of ether oxygens (including phenoxy) is 2. The molecule has 4 rings (SSSR count). The molecule has 218 valence electrons. The van der Waals surface area contributed by atoms with Gasteiger partial charge in [-0.1, -0.05) is 72.8 Å². The van der Waals surface area contributed by atoms with Gasteiger partial charge in [0, 0.05) is 22.7 Å². The van der Waals surface area contributed by atoms with Gasteiger partial charge in [-0.2, -0.15) is 13.2 Å². The Balaban J connectivity index is 0.000000240. The molecule has 0 bridgehead atoms. The first-order chi connectivity index (χ1) is 20.1. The maximum absolute atomic E-state index is 12.2. The van der Waals surface area contributed by atoms with E-state index in [1.807, 2.05) is 36.4 Å². The number of alkyl halides is 3. The Morgan fingerprint density at radius 3 is 1.48 bits per heavy atom. The van der Waals surface area contributed by atoms with Gasteiger partial charge in [-0.25, -0.2) is 9.59 Å². The topological polar surface area (TPSA) is 132 Å². The number of nitrogens with one attached hydrogen (secondary N) is 3. The molecule has 0 aliphatic heterocycles. The van der Waals surface area contributed by atoms with Crippen LogP contribution in [0.5, 0.6) is 0 Å². The highest BCUT2D eigenvalue weighted by molar-refractivity contribution is 5.96. The second kappa shape index (κ2) is 15.3. The number of hydrogen-bond donors (Lipinski definition) is 4. The fourth-order valence-electron chi connectivity index (χ4n) is 3.25. The van der Waals surface area contributed by atoms with E-state index in [9.17, 15) is 27.6 Å². The lowest BCUT2D eigenvalue weighted by Crippen LogP contribution is -2.29. The van der Waals surface area contributed by atoms with Crippen LogP contribution in [0.1, 0.15) is 11.1 Å². The molecule has 0 spiro atoms. The third-order valence-corrected chi connectivity index (χ3v) is 5.18. The fourth-order valence-corrected chi connectivity index (χ4v) is 3.25. The number of halogens is 3. The Morgan fingerprint density at radius 2 is 1.02 bits per heavy atom. The maximum atomic E-state index is 12.2. The number of anilines is 4. The van der Waals surface area contributed by atoms with Crippen LogP contribution in [-0.4, -0.2) is 24.3 Å². The van der Waals surface area contributed by atoms with Crippen LogP contribution in [0.4, 0.5) is 45.5 Å². The second-order valence-electron chi connectivity index (χ2n) is 8.53. The Morgan fingerprint density at radius 1 is 0.595 bits per heavy atom. The molecular weight excluding hydrogens is 553 g/mol. The van der Waals surface area contributed by atoms with Crippen molar-refractivity contribution in [1.29, 1.82) is 0 Å². The van der Waals surface area contributed by atoms with E-state index < -0.39 is 24.3 Å². The molecular formula is C30H27F3N4O5. The summed E-state index contributed by atoms with van der Waals surface area (Å²) in [7, 11) is 0. The van der Waals surface area contributed by atoms with E-state index in [2.05, 4.69) is 10.6 Å². The molecule has 0 radical (unpaired) electrons. The van der Waals surface area contributed by atoms with Gasteiger partial charge >= 0.3 is 24.3 Å². The minimum atomic E-state index is -4.99. The molecule has 0 aliphatic carbocycles. The van der Waals surface area contributed by atoms with Crippen molar-refractivity contribution in [3.05, 3.63) is 120 Å². The zero-order chi connectivity index (χ0) is 30.4. The van der Waals surface area contributed by atoms with E-state index in [-0.39, 0.29) is 24.6 Å². The van der Waals surface area contributed by atoms with Crippen LogP contribution >= 0.6 is 0 Å². The van der Waals surface area contributed by atoms with Gasteiger partial charge in [0.2, 0.25) is 0 Å². The molecule has 0 heterocycles. The first-order valence-corrected chi connectivity index (χ1v) is 12.4. The van der Waals surface area contributed by atoms with Gasteiger partial charge in [-0.3, -0.25) is 15.4 Å². The molecule has 0 saturated heterocycles. The van der Waals surface area contributed by atoms with Crippen molar-refractivity contribution in [3.63, 3.8) is 0 Å². The van der Waals surface area contributed by atoms with E-state index >= 15 is 0 Å². The molecule has 9 nitrogen and oxygen atoms in total. The van der Waals surface area contributed by atoms with Gasteiger partial charge in [-0.05, 0) is 47.5 Å². The van der Waals surface area contributed by atoms with Crippen LogP contribution in [0.15, 0.2) is 109 Å². The molecule has 0 unspecified atom stereocenters. The predicted molar refractivity (Wildman–Crippen MR) is 152 cm³/mol. The molecule has 3 amide bonds. The largest absolute Gasteiger partial charge is 0.471 e. The lowest BCUT2D eigenvalue weighted by molar-refractivity contribution is -0.167. The van der Waals surface area contributed by atoms with Crippen molar-refractivity contribution in [2.75, 3.05) is 21.7 Å². The van der Waals surface area contributed by atoms with Gasteiger partial charge in [0.1, 0.15) is 13.2 Å². The van der Waals surface area contributed by atoms with Gasteiger partial charge in [0.25, 0.3) is 0 Å². The summed E-state index contributed by atoms with van der Waals surface area (Å²) in [5.74, 6) is -2.09. The van der Waals surface area contributed by atoms with Crippen molar-refractivity contribution in [2.45, 2.75) is 19.4 Å². The van der Waals surface area contributed by atoms with Gasteiger partial charge in [-0.15, -0.1) is 0 Å². The molecule has 4 aromatic rings. The predicted octanol–water partition coefficient (Wildman–Crippen LogP) is 6.95. The van der Waals surface area contributed by atoms with Crippen LogP contribution < -0.4 is 21.7 Å². The van der Waals surface area contributed by atoms with Crippen LogP contribution in [0.25, 0.3) is 0 Å². The molecule has 0 saturated carbocycles. The van der Waals surface area contributed by atoms with Crippen LogP contribution in [0, 0.1) is 0 Å². The van der Waals surface area contributed by atoms with Crippen LogP contribution in [0.3, 0.4) is 0 Å². The van der Waals surface area contributed by atoms with Crippen molar-refractivity contribution < 1.29 is 37.0 Å². The Kier molecular flexibility index (Phi) is 11.3. The Hall–Kier alpha value is -5.52. The average molecular weight is 581 g/mol. The minimum absolute atomic E-state index is 0.0528. The number of nitrogen functional groups attached to an aromatic ring is 1. The highest BCUT2D eigenvalue weighted by Crippen LogP contribution is 2.20. The molecule has 0 atom stereocenters. The van der Waals surface area contributed by atoms with Gasteiger partial charge < -0.3 is 20.5 Å². The van der Waals surface area contributed by atoms with E-state index in [1.165, 1.54) is 24.3 Å². The third kappa shape index (κ3) is 11.3. The van der Waals surface area contributed by atoms with Crippen LogP contribution in [0.2, 0.25) is 0 Å². The second-order valence-corrected chi connectivity index (χ2v) is 8.53. The number of benzene rings is 4. The normalized spacial score (nSPS) is 10.4. The molecule has 0 fully saturated rings. The lowest BCUT2D eigenvalue weighted by atomic mass is 10.2. The summed E-state index contributed by atoms with van der Waals surface area (Å²) in [6, 6.07) is 30.7. The monoisotopic (exact) mass is 580 g/mol. The Bertz CT molecular complexity index is 1470. The summed E-state index contributed by atoms with van der Waals surface area (Å²) >= 11 is 0. The average Bonchev–Trinajstić information content (AvgIpc) is 2.96. The number of rotatable bonds is 7. The molecule has 5 N–H and O–H groups in total. The standard InChI is InChI=1S/C16H13F3N2O3.C14H14N2O2/c17-16(18,19)14(22)20-12-7-4-8-13(9-12)21-15(23)24-10-11-5-2-1-3-6-11;15-12-7-4-8-13(9-12)16-14(17)18-10-11-5-2-1-3-6-11/h1-9H,10H2,(H,20,22)(H,21,23);1-9H,10,15H2,(H,16,17). The molecule has 12 heteroatoms. The zero-order valence-electron chi connectivity index (χ0n) is 22.1. The summed E-state index contributed by atoms with van der Waals surface area (Å²) in [6.07, 6.45) is -6.25. The summed E-state index contributed by atoms with van der Waals surface area (Å²) < 4.78 is 46.7. The number of hydrogen-bond acceptors (Lipinski definition) is 6. The lowest BCUT2D eigenvalue weighted by Gasteiger charge is -2.10. The maximum Gasteiger partial charge on any atom is 0.471 e. The number of nitrogens with two attached hydrogens (primary N) is 1. The summed E-state index contributed by atoms with van der Waals surface area (Å²) in [6.45, 7) is 0.298. The van der Waals surface area contributed by atoms with Gasteiger partial charge in [0.15, 0.2) is 0 Å². The summed E-state index contributed by atoms with van der Waals surface area (Å²) in [5, 5.41) is 6.68. The first kappa shape index (κ1) is 31.0. The smallest absolute Gasteiger partial charge is 0.444 e. The number of amides is 3. The van der Waals surface area contributed by atoms with Gasteiger partial charge in [0.05, 0.1) is 0 Å². The molecule has 0 aromatic heterocycles. The highest BCUT2D eigenvalue weighted by Gasteiger charge is 2.38. The first-order valence-electron chi connectivity index (χ1n) is 12.4. The molecule has 42 heavy (non-hydrogen) atoms. The van der Waals surface area contributed by atoms with E-state index in [0.29, 0.717) is 11.4 Å². The minimum Gasteiger partial charge on any atom is -0.444 e. The summed E-state index contributed by atoms with van der Waals surface area (Å²) in [5.41, 5.74) is 8.64. The van der Waals surface area contributed by atoms with E-state index in [0.717, 1.165) is 11.1 Å². The third-order valence-electron chi connectivity index (χ3n) is 5.18. The van der Waals surface area contributed by atoms with E-state index in [4.69, 9.17) is 15.2 Å². The van der Waals surface area contributed by atoms with Crippen molar-refractivity contribution in [3.8, 4) is 0 Å². The fraction of sp³-hybridized carbons (Fsp3) is 0.100. The van der Waals surface area contributed by atoms with Crippen LogP contribution in [-0.2, 0) is 27.5 Å². The zero-order valence-corrected chi connectivity index (χ0v) is 22.1. The van der Waals surface area contributed by atoms with Crippen molar-refractivity contribution in [1.82, 2.24) is 0 Å². The number of carbonyl (C=O) groups is 3. The van der Waals surface area contributed by atoms with Crippen molar-refractivity contribution in [2.24, 2.45) is 0 Å².